The largest absolute Gasteiger partial charge is 0.319 e. The number of carbonyl (C=O) groups is 3. The van der Waals surface area contributed by atoms with Crippen LogP contribution in [0.3, 0.4) is 0 Å². The van der Waals surface area contributed by atoms with Crippen molar-refractivity contribution in [3.63, 3.8) is 0 Å². The van der Waals surface area contributed by atoms with E-state index in [1.54, 1.807) is 11.6 Å². The van der Waals surface area contributed by atoms with E-state index in [1.165, 1.54) is 11.3 Å². The lowest BCUT2D eigenvalue weighted by atomic mass is 9.90. The predicted molar refractivity (Wildman–Crippen MR) is 177 cm³/mol. The highest BCUT2D eigenvalue weighted by Crippen LogP contribution is 2.35. The van der Waals surface area contributed by atoms with Crippen molar-refractivity contribution in [2.75, 3.05) is 5.32 Å². The fraction of sp³-hybridized carbons (Fsp3) is 0.250. The van der Waals surface area contributed by atoms with Crippen molar-refractivity contribution in [3.8, 4) is 27.6 Å². The van der Waals surface area contributed by atoms with Gasteiger partial charge in [-0.1, -0.05) is 117 Å². The summed E-state index contributed by atoms with van der Waals surface area (Å²) in [6.45, 7) is 12.0. The van der Waals surface area contributed by atoms with Crippen molar-refractivity contribution in [1.82, 2.24) is 14.8 Å². The lowest BCUT2D eigenvalue weighted by Gasteiger charge is -2.21. The molecule has 3 aromatic carbocycles. The van der Waals surface area contributed by atoms with Gasteiger partial charge in [-0.05, 0) is 42.9 Å². The first-order valence-electron chi connectivity index (χ1n) is 14.7. The Morgan fingerprint density at radius 3 is 1.95 bits per heavy atom. The van der Waals surface area contributed by atoms with E-state index in [1.807, 2.05) is 85.8 Å². The van der Waals surface area contributed by atoms with Gasteiger partial charge < -0.3 is 5.32 Å². The molecular weight excluding hydrogens is 568 g/mol. The number of amides is 1. The van der Waals surface area contributed by atoms with Crippen LogP contribution in [-0.2, 0) is 9.59 Å². The fourth-order valence-corrected chi connectivity index (χ4v) is 6.18. The topological polar surface area (TPSA) is 94.0 Å². The molecule has 5 aromatic rings. The summed E-state index contributed by atoms with van der Waals surface area (Å²) in [5, 5.41) is 8.20. The summed E-state index contributed by atoms with van der Waals surface area (Å²) < 4.78 is 1.74. The maximum Gasteiger partial charge on any atom is 0.292 e. The maximum atomic E-state index is 13.4. The number of benzene rings is 3. The molecule has 0 radical (unpaired) electrons. The van der Waals surface area contributed by atoms with Gasteiger partial charge in [0, 0.05) is 16.8 Å². The summed E-state index contributed by atoms with van der Waals surface area (Å²) in [5.74, 6) is -1.74. The van der Waals surface area contributed by atoms with Crippen molar-refractivity contribution in [1.29, 1.82) is 0 Å². The van der Waals surface area contributed by atoms with Gasteiger partial charge in [0.15, 0.2) is 5.78 Å². The summed E-state index contributed by atoms with van der Waals surface area (Å²) in [7, 11) is 0. The number of hydrogen-bond acceptors (Lipinski definition) is 6. The molecule has 5 rings (SSSR count). The van der Waals surface area contributed by atoms with Crippen LogP contribution in [0.4, 0.5) is 5.69 Å². The van der Waals surface area contributed by atoms with Gasteiger partial charge >= 0.3 is 0 Å². The molecule has 0 unspecified atom stereocenters. The maximum absolute atomic E-state index is 13.4. The number of Topliss-reactive ketones (excluding diaryl/α,β-unsaturated/α-hetero) is 2. The minimum Gasteiger partial charge on any atom is -0.319 e. The molecule has 0 saturated heterocycles. The van der Waals surface area contributed by atoms with Crippen LogP contribution in [0.25, 0.3) is 27.6 Å². The van der Waals surface area contributed by atoms with Crippen LogP contribution in [0.2, 0.25) is 0 Å². The SMILES string of the molecule is Cc1cc(C(C)C)c(NC(=O)C(=O)CC(=O)c2sc(-n3nc(-c4ccccc4)cc3-c3ccccc3)nc2C)c(C(C)C)c1. The second-order valence-corrected chi connectivity index (χ2v) is 12.6. The Bertz CT molecular complexity index is 1810. The molecule has 0 spiro atoms. The third kappa shape index (κ3) is 6.45. The molecule has 0 fully saturated rings. The highest BCUT2D eigenvalue weighted by molar-refractivity contribution is 7.16. The standard InChI is InChI=1S/C36H36N4O3S/c1-21(2)27-17-23(5)18-28(22(3)4)33(27)38-35(43)32(42)20-31(41)34-24(6)37-36(44-34)40-30(26-15-11-8-12-16-26)19-29(39-40)25-13-9-7-10-14-25/h7-19,21-22H,20H2,1-6H3,(H,38,43). The van der Waals surface area contributed by atoms with Crippen LogP contribution >= 0.6 is 11.3 Å². The average Bonchev–Trinajstić information content (AvgIpc) is 3.62. The molecule has 44 heavy (non-hydrogen) atoms. The zero-order valence-corrected chi connectivity index (χ0v) is 26.7. The molecule has 0 atom stereocenters. The van der Waals surface area contributed by atoms with Gasteiger partial charge in [-0.25, -0.2) is 9.67 Å². The molecule has 0 aliphatic carbocycles. The molecule has 2 heterocycles. The van der Waals surface area contributed by atoms with Gasteiger partial charge in [0.05, 0.1) is 28.4 Å². The van der Waals surface area contributed by atoms with E-state index >= 15 is 0 Å². The van der Waals surface area contributed by atoms with Crippen LogP contribution in [0.15, 0.2) is 78.9 Å². The number of nitrogens with zero attached hydrogens (tertiary/aromatic N) is 3. The lowest BCUT2D eigenvalue weighted by molar-refractivity contribution is -0.134. The van der Waals surface area contributed by atoms with Gasteiger partial charge in [0.25, 0.3) is 5.91 Å². The van der Waals surface area contributed by atoms with Crippen LogP contribution in [0.5, 0.6) is 0 Å². The minimum absolute atomic E-state index is 0.142. The van der Waals surface area contributed by atoms with E-state index in [2.05, 4.69) is 38.0 Å². The average molecular weight is 605 g/mol. The number of aryl methyl sites for hydroxylation is 2. The summed E-state index contributed by atoms with van der Waals surface area (Å²) in [5.41, 5.74) is 7.68. The number of anilines is 1. The first-order chi connectivity index (χ1) is 21.0. The van der Waals surface area contributed by atoms with Crippen molar-refractivity contribution in [2.45, 2.75) is 59.8 Å². The molecule has 8 heteroatoms. The minimum atomic E-state index is -0.792. The first-order valence-corrected chi connectivity index (χ1v) is 15.6. The van der Waals surface area contributed by atoms with Crippen LogP contribution in [0, 0.1) is 13.8 Å². The summed E-state index contributed by atoms with van der Waals surface area (Å²) in [4.78, 5) is 44.6. The Labute approximate surface area is 262 Å². The van der Waals surface area contributed by atoms with E-state index in [4.69, 9.17) is 5.10 Å². The summed E-state index contributed by atoms with van der Waals surface area (Å²) in [6, 6.07) is 25.8. The summed E-state index contributed by atoms with van der Waals surface area (Å²) in [6.07, 6.45) is -0.548. The van der Waals surface area contributed by atoms with Gasteiger partial charge in [-0.15, -0.1) is 0 Å². The van der Waals surface area contributed by atoms with Crippen LogP contribution in [-0.4, -0.2) is 32.2 Å². The predicted octanol–water partition coefficient (Wildman–Crippen LogP) is 8.31. The molecule has 1 amide bonds. The number of thiazole rings is 1. The first kappa shape index (κ1) is 30.8. The van der Waals surface area contributed by atoms with Crippen molar-refractivity contribution < 1.29 is 14.4 Å². The van der Waals surface area contributed by atoms with Crippen molar-refractivity contribution in [2.24, 2.45) is 0 Å². The number of rotatable bonds is 10. The van der Waals surface area contributed by atoms with Crippen molar-refractivity contribution >= 4 is 34.5 Å². The van der Waals surface area contributed by atoms with Crippen LogP contribution in [0.1, 0.15) is 78.0 Å². The van der Waals surface area contributed by atoms with Gasteiger partial charge in [0.1, 0.15) is 0 Å². The Balaban J connectivity index is 1.41. The molecule has 0 aliphatic rings. The van der Waals surface area contributed by atoms with Crippen LogP contribution < -0.4 is 5.32 Å². The Kier molecular flexibility index (Phi) is 9.01. The highest BCUT2D eigenvalue weighted by atomic mass is 32.1. The number of aromatic nitrogens is 3. The van der Waals surface area contributed by atoms with E-state index in [0.29, 0.717) is 21.4 Å². The van der Waals surface area contributed by atoms with Gasteiger partial charge in [-0.3, -0.25) is 14.4 Å². The zero-order chi connectivity index (χ0) is 31.5. The molecule has 224 valence electrons. The number of ketones is 2. The molecule has 2 aromatic heterocycles. The van der Waals surface area contributed by atoms with E-state index in [9.17, 15) is 14.4 Å². The van der Waals surface area contributed by atoms with E-state index in [0.717, 1.165) is 39.2 Å². The molecule has 7 nitrogen and oxygen atoms in total. The van der Waals surface area contributed by atoms with Gasteiger partial charge in [0.2, 0.25) is 10.9 Å². The Morgan fingerprint density at radius 1 is 0.818 bits per heavy atom. The number of carbonyl (C=O) groups excluding carboxylic acids is 3. The highest BCUT2D eigenvalue weighted by Gasteiger charge is 2.26. The van der Waals surface area contributed by atoms with E-state index < -0.39 is 23.9 Å². The third-order valence-corrected chi connectivity index (χ3v) is 8.64. The molecule has 1 N–H and O–H groups in total. The molecule has 0 aliphatic heterocycles. The number of nitrogens with one attached hydrogen (secondary N) is 1. The third-order valence-electron chi connectivity index (χ3n) is 7.47. The van der Waals surface area contributed by atoms with Gasteiger partial charge in [-0.2, -0.15) is 5.10 Å². The lowest BCUT2D eigenvalue weighted by Crippen LogP contribution is -2.26. The Morgan fingerprint density at radius 2 is 1.39 bits per heavy atom. The quantitative estimate of drug-likeness (QED) is 0.0983. The second kappa shape index (κ2) is 12.9. The molecule has 0 bridgehead atoms. The monoisotopic (exact) mass is 604 g/mol. The van der Waals surface area contributed by atoms with E-state index in [-0.39, 0.29) is 11.8 Å². The smallest absolute Gasteiger partial charge is 0.292 e. The number of hydrogen-bond donors (Lipinski definition) is 1. The second-order valence-electron chi connectivity index (χ2n) is 11.6. The Hall–Kier alpha value is -4.69. The molecule has 0 saturated carbocycles. The summed E-state index contributed by atoms with van der Waals surface area (Å²) >= 11 is 1.17. The fourth-order valence-electron chi connectivity index (χ4n) is 5.21. The van der Waals surface area contributed by atoms with Crippen molar-refractivity contribution in [3.05, 3.63) is 106 Å². The molecular formula is C36H36N4O3S. The normalized spacial score (nSPS) is 11.3. The zero-order valence-electron chi connectivity index (χ0n) is 25.8.